The van der Waals surface area contributed by atoms with Crippen molar-refractivity contribution in [1.82, 2.24) is 9.88 Å². The summed E-state index contributed by atoms with van der Waals surface area (Å²) in [6.07, 6.45) is 1.15. The summed E-state index contributed by atoms with van der Waals surface area (Å²) in [6, 6.07) is 12.6. The zero-order valence-electron chi connectivity index (χ0n) is 12.5. The lowest BCUT2D eigenvalue weighted by Crippen LogP contribution is -2.48. The highest BCUT2D eigenvalue weighted by Gasteiger charge is 2.33. The standard InChI is InChI=1S/C17H23N3O/c1-2-9-20-10-11-21-16(12-18)17(20)15-8-7-13-5-3-4-6-14(13)19-15/h3-8,16-17H,2,9-12,18H2,1H3. The lowest BCUT2D eigenvalue weighted by atomic mass is 10.0. The Kier molecular flexibility index (Phi) is 4.48. The summed E-state index contributed by atoms with van der Waals surface area (Å²) in [4.78, 5) is 7.31. The van der Waals surface area contributed by atoms with Gasteiger partial charge in [-0.15, -0.1) is 0 Å². The smallest absolute Gasteiger partial charge is 0.0909 e. The quantitative estimate of drug-likeness (QED) is 0.937. The summed E-state index contributed by atoms with van der Waals surface area (Å²) < 4.78 is 5.88. The van der Waals surface area contributed by atoms with E-state index in [0.29, 0.717) is 6.54 Å². The van der Waals surface area contributed by atoms with E-state index >= 15 is 0 Å². The van der Waals surface area contributed by atoms with Gasteiger partial charge in [0.25, 0.3) is 0 Å². The van der Waals surface area contributed by atoms with Gasteiger partial charge < -0.3 is 10.5 Å². The Morgan fingerprint density at radius 1 is 1.29 bits per heavy atom. The SMILES string of the molecule is CCCN1CCOC(CN)C1c1ccc2ccccc2n1. The van der Waals surface area contributed by atoms with E-state index in [0.717, 1.165) is 37.3 Å². The number of rotatable bonds is 4. The van der Waals surface area contributed by atoms with E-state index in [1.54, 1.807) is 0 Å². The molecule has 0 aliphatic carbocycles. The van der Waals surface area contributed by atoms with E-state index in [-0.39, 0.29) is 12.1 Å². The number of hydrogen-bond acceptors (Lipinski definition) is 4. The van der Waals surface area contributed by atoms with E-state index in [4.69, 9.17) is 15.5 Å². The van der Waals surface area contributed by atoms with Gasteiger partial charge in [-0.2, -0.15) is 0 Å². The van der Waals surface area contributed by atoms with Gasteiger partial charge in [-0.3, -0.25) is 9.88 Å². The van der Waals surface area contributed by atoms with Crippen LogP contribution in [0, 0.1) is 0 Å². The number of hydrogen-bond donors (Lipinski definition) is 1. The van der Waals surface area contributed by atoms with E-state index in [9.17, 15) is 0 Å². The van der Waals surface area contributed by atoms with Crippen LogP contribution in [0.25, 0.3) is 10.9 Å². The third-order valence-electron chi connectivity index (χ3n) is 4.12. The Balaban J connectivity index is 1.98. The van der Waals surface area contributed by atoms with Gasteiger partial charge in [0.2, 0.25) is 0 Å². The van der Waals surface area contributed by atoms with Crippen LogP contribution in [0.1, 0.15) is 25.1 Å². The van der Waals surface area contributed by atoms with Gasteiger partial charge in [0.05, 0.1) is 30.0 Å². The lowest BCUT2D eigenvalue weighted by molar-refractivity contribution is -0.0688. The Labute approximate surface area is 125 Å². The zero-order chi connectivity index (χ0) is 14.7. The number of pyridine rings is 1. The molecule has 2 aromatic rings. The van der Waals surface area contributed by atoms with Crippen molar-refractivity contribution in [2.75, 3.05) is 26.2 Å². The van der Waals surface area contributed by atoms with E-state index in [2.05, 4.69) is 36.1 Å². The van der Waals surface area contributed by atoms with Gasteiger partial charge in [0.15, 0.2) is 0 Å². The molecule has 1 saturated heterocycles. The van der Waals surface area contributed by atoms with Crippen LogP contribution in [0.5, 0.6) is 0 Å². The molecule has 1 aromatic carbocycles. The average Bonchev–Trinajstić information content (AvgIpc) is 2.54. The van der Waals surface area contributed by atoms with Gasteiger partial charge in [0.1, 0.15) is 0 Å². The molecule has 3 rings (SSSR count). The maximum Gasteiger partial charge on any atom is 0.0909 e. The van der Waals surface area contributed by atoms with Gasteiger partial charge in [-0.25, -0.2) is 0 Å². The van der Waals surface area contributed by atoms with Crippen molar-refractivity contribution in [2.24, 2.45) is 5.73 Å². The predicted octanol–water partition coefficient (Wildman–Crippen LogP) is 2.35. The molecule has 2 unspecified atom stereocenters. The predicted molar refractivity (Wildman–Crippen MR) is 85.1 cm³/mol. The van der Waals surface area contributed by atoms with Crippen molar-refractivity contribution >= 4 is 10.9 Å². The van der Waals surface area contributed by atoms with Gasteiger partial charge >= 0.3 is 0 Å². The molecular weight excluding hydrogens is 262 g/mol. The minimum absolute atomic E-state index is 0.0268. The molecule has 1 aliphatic rings. The molecule has 4 nitrogen and oxygen atoms in total. The molecule has 2 atom stereocenters. The summed E-state index contributed by atoms with van der Waals surface area (Å²) in [6.45, 7) is 5.49. The van der Waals surface area contributed by atoms with Crippen molar-refractivity contribution < 1.29 is 4.74 Å². The Morgan fingerprint density at radius 3 is 2.95 bits per heavy atom. The third-order valence-corrected chi connectivity index (χ3v) is 4.12. The van der Waals surface area contributed by atoms with Crippen LogP contribution in [0.2, 0.25) is 0 Å². The molecule has 0 amide bonds. The number of para-hydroxylation sites is 1. The molecule has 4 heteroatoms. The fourth-order valence-corrected chi connectivity index (χ4v) is 3.15. The second-order valence-electron chi connectivity index (χ2n) is 5.55. The first-order valence-electron chi connectivity index (χ1n) is 7.75. The minimum Gasteiger partial charge on any atom is -0.374 e. The summed E-state index contributed by atoms with van der Waals surface area (Å²) in [5, 5.41) is 1.17. The fourth-order valence-electron chi connectivity index (χ4n) is 3.15. The van der Waals surface area contributed by atoms with Crippen molar-refractivity contribution in [2.45, 2.75) is 25.5 Å². The Bertz CT molecular complexity index is 599. The normalized spacial score (nSPS) is 23.5. The van der Waals surface area contributed by atoms with E-state index in [1.807, 2.05) is 12.1 Å². The van der Waals surface area contributed by atoms with Gasteiger partial charge in [-0.05, 0) is 25.1 Å². The summed E-state index contributed by atoms with van der Waals surface area (Å²) >= 11 is 0. The van der Waals surface area contributed by atoms with Crippen molar-refractivity contribution in [1.29, 1.82) is 0 Å². The molecular formula is C17H23N3O. The Hall–Kier alpha value is -1.49. The molecule has 1 fully saturated rings. The summed E-state index contributed by atoms with van der Waals surface area (Å²) in [5.41, 5.74) is 8.02. The van der Waals surface area contributed by atoms with Crippen LogP contribution >= 0.6 is 0 Å². The molecule has 0 radical (unpaired) electrons. The molecule has 0 bridgehead atoms. The van der Waals surface area contributed by atoms with E-state index < -0.39 is 0 Å². The maximum atomic E-state index is 5.92. The molecule has 0 saturated carbocycles. The summed E-state index contributed by atoms with van der Waals surface area (Å²) in [7, 11) is 0. The molecule has 112 valence electrons. The van der Waals surface area contributed by atoms with Crippen LogP contribution in [0.3, 0.4) is 0 Å². The fraction of sp³-hybridized carbons (Fsp3) is 0.471. The van der Waals surface area contributed by atoms with Crippen molar-refractivity contribution in [3.05, 3.63) is 42.1 Å². The number of nitrogens with zero attached hydrogens (tertiary/aromatic N) is 2. The molecule has 1 aromatic heterocycles. The highest BCUT2D eigenvalue weighted by atomic mass is 16.5. The number of ether oxygens (including phenoxy) is 1. The van der Waals surface area contributed by atoms with E-state index in [1.165, 1.54) is 5.39 Å². The van der Waals surface area contributed by atoms with Crippen LogP contribution in [-0.4, -0.2) is 42.2 Å². The van der Waals surface area contributed by atoms with Crippen LogP contribution in [0.4, 0.5) is 0 Å². The van der Waals surface area contributed by atoms with Gasteiger partial charge in [0, 0.05) is 18.5 Å². The number of nitrogens with two attached hydrogens (primary N) is 1. The molecule has 2 N–H and O–H groups in total. The van der Waals surface area contributed by atoms with Crippen LogP contribution in [-0.2, 0) is 4.74 Å². The Morgan fingerprint density at radius 2 is 2.14 bits per heavy atom. The first-order chi connectivity index (χ1) is 10.3. The second-order valence-corrected chi connectivity index (χ2v) is 5.55. The first-order valence-corrected chi connectivity index (χ1v) is 7.75. The third kappa shape index (κ3) is 2.93. The van der Waals surface area contributed by atoms with Crippen LogP contribution < -0.4 is 5.73 Å². The number of fused-ring (bicyclic) bond motifs is 1. The van der Waals surface area contributed by atoms with Crippen molar-refractivity contribution in [3.8, 4) is 0 Å². The maximum absolute atomic E-state index is 5.92. The van der Waals surface area contributed by atoms with Crippen LogP contribution in [0.15, 0.2) is 36.4 Å². The monoisotopic (exact) mass is 285 g/mol. The topological polar surface area (TPSA) is 51.4 Å². The second kappa shape index (κ2) is 6.52. The number of aromatic nitrogens is 1. The zero-order valence-corrected chi connectivity index (χ0v) is 12.5. The number of benzene rings is 1. The first kappa shape index (κ1) is 14.4. The minimum atomic E-state index is 0.0268. The molecule has 1 aliphatic heterocycles. The highest BCUT2D eigenvalue weighted by Crippen LogP contribution is 2.29. The summed E-state index contributed by atoms with van der Waals surface area (Å²) in [5.74, 6) is 0. The van der Waals surface area contributed by atoms with Gasteiger partial charge in [-0.1, -0.05) is 31.2 Å². The molecule has 2 heterocycles. The highest BCUT2D eigenvalue weighted by molar-refractivity contribution is 5.78. The molecule has 0 spiro atoms. The largest absolute Gasteiger partial charge is 0.374 e. The van der Waals surface area contributed by atoms with Crippen molar-refractivity contribution in [3.63, 3.8) is 0 Å². The number of morpholine rings is 1. The average molecular weight is 285 g/mol. The lowest BCUT2D eigenvalue weighted by Gasteiger charge is -2.40. The molecule has 21 heavy (non-hydrogen) atoms.